The fraction of sp³-hybridized carbons (Fsp3) is 0.286. The lowest BCUT2D eigenvalue weighted by molar-refractivity contribution is -0.222. The Morgan fingerprint density at radius 2 is 1.59 bits per heavy atom. The summed E-state index contributed by atoms with van der Waals surface area (Å²) in [7, 11) is 0. The van der Waals surface area contributed by atoms with Gasteiger partial charge in [-0.25, -0.2) is 14.0 Å². The Morgan fingerprint density at radius 1 is 1.05 bits per heavy atom. The number of cyclic esters (lactones) is 2. The van der Waals surface area contributed by atoms with Crippen molar-refractivity contribution in [3.8, 4) is 0 Å². The van der Waals surface area contributed by atoms with Crippen molar-refractivity contribution >= 4 is 18.0 Å². The fourth-order valence-corrected chi connectivity index (χ4v) is 1.80. The Kier molecular flexibility index (Phi) is 3.72. The third-order valence-corrected chi connectivity index (χ3v) is 2.68. The van der Waals surface area contributed by atoms with Crippen LogP contribution in [0.2, 0.25) is 0 Å². The number of esters is 2. The van der Waals surface area contributed by atoms with Crippen LogP contribution in [0.15, 0.2) is 23.8 Å². The molecule has 4 nitrogen and oxygen atoms in total. The predicted molar refractivity (Wildman–Crippen MR) is 65.6 cm³/mol. The van der Waals surface area contributed by atoms with Crippen molar-refractivity contribution in [2.45, 2.75) is 25.8 Å². The van der Waals surface area contributed by atoms with E-state index in [0.717, 1.165) is 12.1 Å². The van der Waals surface area contributed by atoms with Gasteiger partial charge in [0, 0.05) is 13.8 Å². The highest BCUT2D eigenvalue weighted by atomic mass is 19.4. The van der Waals surface area contributed by atoms with Crippen LogP contribution >= 0.6 is 0 Å². The molecule has 118 valence electrons. The molecule has 2 rings (SSSR count). The number of carbonyl (C=O) groups excluding carboxylic acids is 2. The topological polar surface area (TPSA) is 52.6 Å². The maximum absolute atomic E-state index is 13.3. The monoisotopic (exact) mass is 318 g/mol. The summed E-state index contributed by atoms with van der Waals surface area (Å²) in [4.78, 5) is 23.4. The zero-order valence-electron chi connectivity index (χ0n) is 11.5. The van der Waals surface area contributed by atoms with Crippen LogP contribution in [-0.2, 0) is 25.2 Å². The van der Waals surface area contributed by atoms with Crippen molar-refractivity contribution in [2.24, 2.45) is 0 Å². The molecule has 0 spiro atoms. The van der Waals surface area contributed by atoms with E-state index in [9.17, 15) is 27.2 Å². The molecule has 1 saturated heterocycles. The molecular weight excluding hydrogens is 308 g/mol. The van der Waals surface area contributed by atoms with Gasteiger partial charge >= 0.3 is 18.1 Å². The minimum absolute atomic E-state index is 0.308. The van der Waals surface area contributed by atoms with Crippen LogP contribution in [0, 0.1) is 5.82 Å². The van der Waals surface area contributed by atoms with Gasteiger partial charge in [-0.2, -0.15) is 13.2 Å². The maximum Gasteiger partial charge on any atom is 0.416 e. The molecule has 1 aromatic carbocycles. The number of halogens is 4. The lowest BCUT2D eigenvalue weighted by Crippen LogP contribution is -2.41. The van der Waals surface area contributed by atoms with E-state index in [1.54, 1.807) is 0 Å². The van der Waals surface area contributed by atoms with Crippen LogP contribution in [0.3, 0.4) is 0 Å². The smallest absolute Gasteiger partial charge is 0.416 e. The molecule has 0 unspecified atom stereocenters. The summed E-state index contributed by atoms with van der Waals surface area (Å²) in [6.07, 6.45) is -3.97. The van der Waals surface area contributed by atoms with Gasteiger partial charge in [-0.1, -0.05) is 0 Å². The van der Waals surface area contributed by atoms with E-state index >= 15 is 0 Å². The zero-order chi connectivity index (χ0) is 16.7. The summed E-state index contributed by atoms with van der Waals surface area (Å²) in [6, 6.07) is 1.67. The quantitative estimate of drug-likeness (QED) is 0.346. The van der Waals surface area contributed by atoms with Crippen LogP contribution in [0.25, 0.3) is 6.08 Å². The second-order valence-corrected chi connectivity index (χ2v) is 5.01. The highest BCUT2D eigenvalue weighted by Crippen LogP contribution is 2.31. The van der Waals surface area contributed by atoms with E-state index < -0.39 is 40.9 Å². The summed E-state index contributed by atoms with van der Waals surface area (Å²) < 4.78 is 60.7. The molecule has 0 amide bonds. The minimum atomic E-state index is -4.76. The molecule has 0 aromatic heterocycles. The summed E-state index contributed by atoms with van der Waals surface area (Å²) in [5.74, 6) is -4.73. The van der Waals surface area contributed by atoms with E-state index in [1.165, 1.54) is 13.8 Å². The zero-order valence-corrected chi connectivity index (χ0v) is 11.5. The largest absolute Gasteiger partial charge is 0.419 e. The molecule has 1 aliphatic rings. The maximum atomic E-state index is 13.3. The molecule has 1 fully saturated rings. The Labute approximate surface area is 122 Å². The highest BCUT2D eigenvalue weighted by molar-refractivity contribution is 6.18. The molecule has 0 radical (unpaired) electrons. The minimum Gasteiger partial charge on any atom is -0.419 e. The van der Waals surface area contributed by atoms with Gasteiger partial charge in [0.15, 0.2) is 0 Å². The van der Waals surface area contributed by atoms with Crippen molar-refractivity contribution < 1.29 is 36.6 Å². The van der Waals surface area contributed by atoms with Gasteiger partial charge in [0.25, 0.3) is 5.79 Å². The average Bonchev–Trinajstić information content (AvgIpc) is 2.31. The Balaban J connectivity index is 2.43. The highest BCUT2D eigenvalue weighted by Gasteiger charge is 2.39. The van der Waals surface area contributed by atoms with Crippen molar-refractivity contribution in [3.63, 3.8) is 0 Å². The average molecular weight is 318 g/mol. The molecule has 1 aliphatic heterocycles. The Bertz CT molecular complexity index is 652. The van der Waals surface area contributed by atoms with Crippen LogP contribution in [0.5, 0.6) is 0 Å². The number of rotatable bonds is 1. The van der Waals surface area contributed by atoms with Gasteiger partial charge in [-0.3, -0.25) is 0 Å². The first-order valence-corrected chi connectivity index (χ1v) is 6.04. The first kappa shape index (κ1) is 16.0. The van der Waals surface area contributed by atoms with Gasteiger partial charge in [-0.15, -0.1) is 0 Å². The van der Waals surface area contributed by atoms with Gasteiger partial charge in [0.2, 0.25) is 0 Å². The normalized spacial score (nSPS) is 17.8. The van der Waals surface area contributed by atoms with E-state index in [4.69, 9.17) is 9.47 Å². The third-order valence-electron chi connectivity index (χ3n) is 2.68. The molecule has 1 heterocycles. The molecule has 0 atom stereocenters. The first-order chi connectivity index (χ1) is 9.98. The molecule has 0 bridgehead atoms. The summed E-state index contributed by atoms with van der Waals surface area (Å²) in [5.41, 5.74) is -2.16. The van der Waals surface area contributed by atoms with Crippen LogP contribution in [0.1, 0.15) is 25.0 Å². The number of hydrogen-bond acceptors (Lipinski definition) is 4. The number of benzene rings is 1. The number of hydrogen-bond donors (Lipinski definition) is 0. The molecule has 1 aromatic rings. The summed E-state index contributed by atoms with van der Waals surface area (Å²) in [6.45, 7) is 2.65. The lowest BCUT2D eigenvalue weighted by atomic mass is 10.1. The van der Waals surface area contributed by atoms with Crippen molar-refractivity contribution in [1.82, 2.24) is 0 Å². The summed E-state index contributed by atoms with van der Waals surface area (Å²) in [5, 5.41) is 0. The second-order valence-electron chi connectivity index (χ2n) is 5.01. The molecule has 0 N–H and O–H groups in total. The van der Waals surface area contributed by atoms with Crippen LogP contribution in [-0.4, -0.2) is 17.7 Å². The molecule has 8 heteroatoms. The van der Waals surface area contributed by atoms with E-state index in [1.807, 2.05) is 0 Å². The Hall–Kier alpha value is -2.38. The predicted octanol–water partition coefficient (Wildman–Crippen LogP) is 3.06. The third kappa shape index (κ3) is 3.44. The van der Waals surface area contributed by atoms with E-state index in [2.05, 4.69) is 0 Å². The van der Waals surface area contributed by atoms with Gasteiger partial charge < -0.3 is 9.47 Å². The second kappa shape index (κ2) is 5.11. The summed E-state index contributed by atoms with van der Waals surface area (Å²) >= 11 is 0. The molecule has 22 heavy (non-hydrogen) atoms. The first-order valence-electron chi connectivity index (χ1n) is 6.04. The number of ether oxygens (including phenoxy) is 2. The fourth-order valence-electron chi connectivity index (χ4n) is 1.80. The molecular formula is C14H10F4O4. The van der Waals surface area contributed by atoms with Crippen molar-refractivity contribution in [1.29, 1.82) is 0 Å². The molecule has 0 aliphatic carbocycles. The van der Waals surface area contributed by atoms with Crippen molar-refractivity contribution in [2.75, 3.05) is 0 Å². The van der Waals surface area contributed by atoms with Crippen molar-refractivity contribution in [3.05, 3.63) is 40.7 Å². The number of carbonyl (C=O) groups is 2. The standard InChI is InChI=1S/C14H10F4O4/c1-13(2)21-11(19)10(12(20)22-13)5-7-3-8(14(16,17)18)6-9(15)4-7/h3-6H,1-2H3. The van der Waals surface area contributed by atoms with Crippen LogP contribution < -0.4 is 0 Å². The number of alkyl halides is 3. The Morgan fingerprint density at radius 3 is 2.09 bits per heavy atom. The van der Waals surface area contributed by atoms with E-state index in [-0.39, 0.29) is 5.56 Å². The van der Waals surface area contributed by atoms with E-state index in [0.29, 0.717) is 12.1 Å². The molecule has 0 saturated carbocycles. The lowest BCUT2D eigenvalue weighted by Gasteiger charge is -2.29. The van der Waals surface area contributed by atoms with Gasteiger partial charge in [0.1, 0.15) is 11.4 Å². The van der Waals surface area contributed by atoms with Gasteiger partial charge in [-0.05, 0) is 29.8 Å². The van der Waals surface area contributed by atoms with Crippen LogP contribution in [0.4, 0.5) is 17.6 Å². The van der Waals surface area contributed by atoms with Gasteiger partial charge in [0.05, 0.1) is 5.56 Å². The SMILES string of the molecule is CC1(C)OC(=O)C(=Cc2cc(F)cc(C(F)(F)F)c2)C(=O)O1.